The highest BCUT2D eigenvalue weighted by atomic mass is 35.5. The van der Waals surface area contributed by atoms with Crippen molar-refractivity contribution in [2.24, 2.45) is 5.73 Å². The van der Waals surface area contributed by atoms with E-state index in [4.69, 9.17) is 39.7 Å². The maximum absolute atomic E-state index is 6.38. The molecule has 0 spiro atoms. The summed E-state index contributed by atoms with van der Waals surface area (Å²) >= 11 is 12.4. The summed E-state index contributed by atoms with van der Waals surface area (Å²) in [7, 11) is 0. The lowest BCUT2D eigenvalue weighted by atomic mass is 10.1. The van der Waals surface area contributed by atoms with Gasteiger partial charge in [-0.15, -0.1) is 0 Å². The minimum atomic E-state index is 0.192. The van der Waals surface area contributed by atoms with Crippen LogP contribution in [0.15, 0.2) is 54.6 Å². The first-order chi connectivity index (χ1) is 13.0. The van der Waals surface area contributed by atoms with Gasteiger partial charge in [0, 0.05) is 28.4 Å². The van der Waals surface area contributed by atoms with Crippen LogP contribution in [-0.2, 0) is 6.54 Å². The largest absolute Gasteiger partial charge is 0.383 e. The number of nitrogens with one attached hydrogen (secondary N) is 1. The Morgan fingerprint density at radius 3 is 2.48 bits per heavy atom. The molecule has 1 aromatic heterocycles. The fourth-order valence-corrected chi connectivity index (χ4v) is 3.16. The molecule has 0 atom stereocenters. The number of nitrogens with zero attached hydrogens (tertiary/aromatic N) is 2. The van der Waals surface area contributed by atoms with Gasteiger partial charge in [0.1, 0.15) is 5.82 Å². The summed E-state index contributed by atoms with van der Waals surface area (Å²) in [6.07, 6.45) is 1.89. The van der Waals surface area contributed by atoms with E-state index in [-0.39, 0.29) is 6.54 Å². The van der Waals surface area contributed by atoms with Gasteiger partial charge in [-0.25, -0.2) is 9.97 Å². The zero-order chi connectivity index (χ0) is 19.4. The molecule has 2 aromatic carbocycles. The number of hydrogen-bond acceptors (Lipinski definition) is 5. The van der Waals surface area contributed by atoms with Gasteiger partial charge in [0.15, 0.2) is 5.82 Å². The number of aromatic nitrogens is 2. The van der Waals surface area contributed by atoms with Gasteiger partial charge in [-0.1, -0.05) is 47.5 Å². The van der Waals surface area contributed by atoms with Gasteiger partial charge >= 0.3 is 0 Å². The van der Waals surface area contributed by atoms with Crippen molar-refractivity contribution in [3.8, 4) is 11.3 Å². The van der Waals surface area contributed by atoms with E-state index in [1.54, 1.807) is 18.2 Å². The molecule has 5 N–H and O–H groups in total. The van der Waals surface area contributed by atoms with Crippen LogP contribution in [-0.4, -0.2) is 9.97 Å². The van der Waals surface area contributed by atoms with Gasteiger partial charge < -0.3 is 16.8 Å². The predicted molar refractivity (Wildman–Crippen MR) is 114 cm³/mol. The second-order valence-electron chi connectivity index (χ2n) is 5.78. The molecule has 0 fully saturated rings. The summed E-state index contributed by atoms with van der Waals surface area (Å²) < 4.78 is 0. The second-order valence-corrected chi connectivity index (χ2v) is 6.62. The zero-order valence-electron chi connectivity index (χ0n) is 14.7. The molecule has 0 saturated carbocycles. The molecule has 0 saturated heterocycles. The number of hydrogen-bond donors (Lipinski definition) is 3. The Kier molecular flexibility index (Phi) is 5.96. The van der Waals surface area contributed by atoms with Crippen molar-refractivity contribution in [1.29, 1.82) is 0 Å². The van der Waals surface area contributed by atoms with Crippen LogP contribution in [0.2, 0.25) is 10.0 Å². The van der Waals surface area contributed by atoms with Gasteiger partial charge in [0.25, 0.3) is 0 Å². The molecule has 7 heteroatoms. The number of anilines is 2. The molecule has 0 aliphatic carbocycles. The summed E-state index contributed by atoms with van der Waals surface area (Å²) in [5.74, 6) is 0.773. The van der Waals surface area contributed by atoms with Crippen LogP contribution in [0.5, 0.6) is 0 Å². The number of nitrogen functional groups attached to an aromatic ring is 1. The van der Waals surface area contributed by atoms with E-state index in [1.807, 2.05) is 43.3 Å². The average Bonchev–Trinajstić information content (AvgIpc) is 2.66. The van der Waals surface area contributed by atoms with Crippen molar-refractivity contribution in [2.75, 3.05) is 11.1 Å². The van der Waals surface area contributed by atoms with E-state index in [1.165, 1.54) is 0 Å². The van der Waals surface area contributed by atoms with Crippen molar-refractivity contribution in [2.45, 2.75) is 13.5 Å². The number of halogens is 2. The summed E-state index contributed by atoms with van der Waals surface area (Å²) in [6.45, 7) is 2.09. The first kappa shape index (κ1) is 19.2. The molecule has 0 bridgehead atoms. The number of rotatable bonds is 5. The molecule has 0 aliphatic heterocycles. The van der Waals surface area contributed by atoms with Crippen molar-refractivity contribution >= 4 is 40.4 Å². The van der Waals surface area contributed by atoms with E-state index < -0.39 is 0 Å². The van der Waals surface area contributed by atoms with Crippen molar-refractivity contribution in [1.82, 2.24) is 9.97 Å². The first-order valence-corrected chi connectivity index (χ1v) is 9.09. The molecular formula is C20H19Cl2N5. The normalized spacial score (nSPS) is 11.5. The number of nitrogens with two attached hydrogens (primary N) is 2. The van der Waals surface area contributed by atoms with E-state index in [0.29, 0.717) is 38.5 Å². The average molecular weight is 400 g/mol. The number of para-hydroxylation sites is 1. The van der Waals surface area contributed by atoms with Crippen LogP contribution >= 0.6 is 23.2 Å². The lowest BCUT2D eigenvalue weighted by Gasteiger charge is -2.15. The molecule has 5 nitrogen and oxygen atoms in total. The molecule has 0 amide bonds. The minimum Gasteiger partial charge on any atom is -0.383 e. The number of allylic oxidation sites excluding steroid dienone is 1. The first-order valence-electron chi connectivity index (χ1n) is 8.34. The highest BCUT2D eigenvalue weighted by molar-refractivity contribution is 6.36. The highest BCUT2D eigenvalue weighted by Gasteiger charge is 2.17. The van der Waals surface area contributed by atoms with Crippen molar-refractivity contribution < 1.29 is 0 Å². The smallest absolute Gasteiger partial charge is 0.178 e. The summed E-state index contributed by atoms with van der Waals surface area (Å²) in [6, 6.07) is 15.0. The monoisotopic (exact) mass is 399 g/mol. The van der Waals surface area contributed by atoms with Crippen LogP contribution in [0.1, 0.15) is 18.3 Å². The molecule has 27 heavy (non-hydrogen) atoms. The van der Waals surface area contributed by atoms with E-state index in [0.717, 1.165) is 11.4 Å². The predicted octanol–water partition coefficient (Wildman–Crippen LogP) is 4.96. The Balaban J connectivity index is 2.11. The van der Waals surface area contributed by atoms with Crippen LogP contribution in [0.3, 0.4) is 0 Å². The summed E-state index contributed by atoms with van der Waals surface area (Å²) in [4.78, 5) is 9.13. The lowest BCUT2D eigenvalue weighted by Crippen LogP contribution is -2.12. The standard InChI is InChI=1S/C20H19Cl2N5/c1-2-17(25-13-6-4-3-5-7-13)20-26-18(15(11-23)19(24)27-20)14-9-8-12(21)10-16(14)22/h2-10,25H,11,23H2,1H3,(H2,24,26,27)/b17-2-. The zero-order valence-corrected chi connectivity index (χ0v) is 16.2. The molecule has 0 unspecified atom stereocenters. The Morgan fingerprint density at radius 2 is 1.85 bits per heavy atom. The molecule has 3 aromatic rings. The van der Waals surface area contributed by atoms with E-state index in [9.17, 15) is 0 Å². The Morgan fingerprint density at radius 1 is 1.11 bits per heavy atom. The molecule has 3 rings (SSSR count). The van der Waals surface area contributed by atoms with Crippen LogP contribution in [0.25, 0.3) is 17.0 Å². The van der Waals surface area contributed by atoms with E-state index in [2.05, 4.69) is 10.3 Å². The summed E-state index contributed by atoms with van der Waals surface area (Å²) in [5.41, 5.74) is 15.6. The fourth-order valence-electron chi connectivity index (χ4n) is 2.66. The maximum atomic E-state index is 6.38. The van der Waals surface area contributed by atoms with Crippen LogP contribution in [0.4, 0.5) is 11.5 Å². The third kappa shape index (κ3) is 4.22. The second kappa shape index (κ2) is 8.39. The van der Waals surface area contributed by atoms with Gasteiger partial charge in [0.2, 0.25) is 0 Å². The topological polar surface area (TPSA) is 89.8 Å². The molecule has 1 heterocycles. The fraction of sp³-hybridized carbons (Fsp3) is 0.100. The third-order valence-electron chi connectivity index (χ3n) is 4.01. The van der Waals surface area contributed by atoms with Gasteiger partial charge in [-0.2, -0.15) is 0 Å². The Labute approximate surface area is 168 Å². The summed E-state index contributed by atoms with van der Waals surface area (Å²) in [5, 5.41) is 4.32. The van der Waals surface area contributed by atoms with Crippen LogP contribution < -0.4 is 16.8 Å². The van der Waals surface area contributed by atoms with Gasteiger partial charge in [-0.05, 0) is 37.3 Å². The highest BCUT2D eigenvalue weighted by Crippen LogP contribution is 2.33. The maximum Gasteiger partial charge on any atom is 0.178 e. The number of benzene rings is 2. The van der Waals surface area contributed by atoms with Crippen molar-refractivity contribution in [3.05, 3.63) is 76.0 Å². The molecule has 138 valence electrons. The Hall–Kier alpha value is -2.60. The van der Waals surface area contributed by atoms with Gasteiger partial charge in [0.05, 0.1) is 16.4 Å². The molecule has 0 aliphatic rings. The van der Waals surface area contributed by atoms with Crippen LogP contribution in [0, 0.1) is 0 Å². The quantitative estimate of drug-likeness (QED) is 0.563. The SMILES string of the molecule is C/C=C(\Nc1ccccc1)c1nc(N)c(CN)c(-c2ccc(Cl)cc2Cl)n1. The minimum absolute atomic E-state index is 0.192. The molecular weight excluding hydrogens is 381 g/mol. The Bertz CT molecular complexity index is 987. The lowest BCUT2D eigenvalue weighted by molar-refractivity contribution is 1.01. The van der Waals surface area contributed by atoms with Gasteiger partial charge in [-0.3, -0.25) is 0 Å². The molecule has 0 radical (unpaired) electrons. The third-order valence-corrected chi connectivity index (χ3v) is 4.56. The van der Waals surface area contributed by atoms with Crippen molar-refractivity contribution in [3.63, 3.8) is 0 Å². The van der Waals surface area contributed by atoms with E-state index >= 15 is 0 Å².